The van der Waals surface area contributed by atoms with E-state index in [2.05, 4.69) is 51.4 Å². The molecule has 0 bridgehead atoms. The number of piperazine rings is 1. The van der Waals surface area contributed by atoms with E-state index in [0.717, 1.165) is 81.5 Å². The van der Waals surface area contributed by atoms with Crippen LogP contribution in [0.1, 0.15) is 71.1 Å². The van der Waals surface area contributed by atoms with Gasteiger partial charge in [0, 0.05) is 66.0 Å². The molecule has 8 nitrogen and oxygen atoms in total. The number of carbonyl (C=O) groups is 1. The summed E-state index contributed by atoms with van der Waals surface area (Å²) in [5, 5.41) is 14.2. The number of rotatable bonds is 19. The second-order valence-corrected chi connectivity index (χ2v) is 13.2. The number of pyridine rings is 1. The fourth-order valence-corrected chi connectivity index (χ4v) is 6.95. The summed E-state index contributed by atoms with van der Waals surface area (Å²) in [6.07, 6.45) is 10.5. The van der Waals surface area contributed by atoms with Crippen LogP contribution in [-0.2, 0) is 0 Å². The maximum atomic E-state index is 11.8. The molecule has 1 aliphatic heterocycles. The van der Waals surface area contributed by atoms with E-state index in [4.69, 9.17) is 9.47 Å². The van der Waals surface area contributed by atoms with Gasteiger partial charge in [0.1, 0.15) is 5.75 Å². The molecular weight excluding hydrogens is 596 g/mol. The predicted molar refractivity (Wildman–Crippen MR) is 190 cm³/mol. The molecule has 0 radical (unpaired) electrons. The molecule has 1 amide bonds. The molecule has 1 fully saturated rings. The van der Waals surface area contributed by atoms with Gasteiger partial charge >= 0.3 is 6.09 Å². The molecule has 0 atom stereocenters. The quantitative estimate of drug-likeness (QED) is 0.0805. The zero-order valence-electron chi connectivity index (χ0n) is 27.4. The first-order chi connectivity index (χ1) is 22.6. The monoisotopic (exact) mass is 646 g/mol. The standard InChI is InChI=1S/C37H50N4O4S/c1-2-3-4-5-6-7-8-9-21-41(37(42)43)29-45-36-18-16-30-15-17-31(28-33(30)38-36)44-26-11-10-20-39-22-24-40(25-23-39)34-13-12-14-35-32(34)19-27-46-35/h12-19,27-28H,2-11,20-26,29H2,1H3,(H,42,43). The molecular formula is C37H50N4O4S. The molecule has 0 aliphatic carbocycles. The molecule has 9 heteroatoms. The average Bonchev–Trinajstić information content (AvgIpc) is 3.56. The zero-order valence-corrected chi connectivity index (χ0v) is 28.2. The molecule has 3 heterocycles. The van der Waals surface area contributed by atoms with Crippen molar-refractivity contribution >= 4 is 44.1 Å². The number of amides is 1. The third kappa shape index (κ3) is 9.97. The molecule has 46 heavy (non-hydrogen) atoms. The molecule has 248 valence electrons. The average molecular weight is 647 g/mol. The summed E-state index contributed by atoms with van der Waals surface area (Å²) in [6.45, 7) is 8.72. The van der Waals surface area contributed by atoms with E-state index < -0.39 is 6.09 Å². The van der Waals surface area contributed by atoms with Crippen molar-refractivity contribution in [2.45, 2.75) is 71.1 Å². The Morgan fingerprint density at radius 1 is 0.891 bits per heavy atom. The second kappa shape index (κ2) is 18.0. The Morgan fingerprint density at radius 3 is 2.48 bits per heavy atom. The summed E-state index contributed by atoms with van der Waals surface area (Å²) < 4.78 is 13.2. The van der Waals surface area contributed by atoms with Crippen LogP contribution in [0.3, 0.4) is 0 Å². The van der Waals surface area contributed by atoms with Crippen molar-refractivity contribution in [3.05, 3.63) is 60.0 Å². The summed E-state index contributed by atoms with van der Waals surface area (Å²) in [5.74, 6) is 1.20. The number of aromatic nitrogens is 1. The Kier molecular flexibility index (Phi) is 13.2. The van der Waals surface area contributed by atoms with E-state index in [1.807, 2.05) is 35.6 Å². The van der Waals surface area contributed by atoms with Crippen molar-refractivity contribution in [2.24, 2.45) is 0 Å². The lowest BCUT2D eigenvalue weighted by Crippen LogP contribution is -2.46. The van der Waals surface area contributed by atoms with E-state index in [9.17, 15) is 9.90 Å². The number of benzene rings is 2. The fraction of sp³-hybridized carbons (Fsp3) is 0.514. The number of hydrogen-bond acceptors (Lipinski definition) is 7. The van der Waals surface area contributed by atoms with Crippen LogP contribution < -0.4 is 14.4 Å². The molecule has 0 spiro atoms. The van der Waals surface area contributed by atoms with Gasteiger partial charge in [0.2, 0.25) is 5.88 Å². The van der Waals surface area contributed by atoms with Crippen LogP contribution >= 0.6 is 11.3 Å². The maximum Gasteiger partial charge on any atom is 0.409 e. The topological polar surface area (TPSA) is 78.4 Å². The fourth-order valence-electron chi connectivity index (χ4n) is 6.14. The van der Waals surface area contributed by atoms with Crippen molar-refractivity contribution in [3.8, 4) is 11.6 Å². The van der Waals surface area contributed by atoms with Crippen LogP contribution in [0, 0.1) is 0 Å². The summed E-state index contributed by atoms with van der Waals surface area (Å²) in [5.41, 5.74) is 2.14. The molecule has 1 saturated heterocycles. The van der Waals surface area contributed by atoms with Gasteiger partial charge in [0.15, 0.2) is 6.73 Å². The molecule has 1 N–H and O–H groups in total. The molecule has 0 saturated carbocycles. The van der Waals surface area contributed by atoms with Crippen molar-refractivity contribution in [1.29, 1.82) is 0 Å². The van der Waals surface area contributed by atoms with Crippen LogP contribution in [0.15, 0.2) is 60.0 Å². The lowest BCUT2D eigenvalue weighted by molar-refractivity contribution is 0.0960. The lowest BCUT2D eigenvalue weighted by atomic mass is 10.1. The number of anilines is 1. The van der Waals surface area contributed by atoms with Gasteiger partial charge in [-0.2, -0.15) is 0 Å². The van der Waals surface area contributed by atoms with Crippen LogP contribution in [0.2, 0.25) is 0 Å². The smallest absolute Gasteiger partial charge is 0.409 e. The Bertz CT molecular complexity index is 1500. The SMILES string of the molecule is CCCCCCCCCCN(COc1ccc2ccc(OCCCCN3CCN(c4cccc5sccc45)CC3)cc2n1)C(=O)O. The summed E-state index contributed by atoms with van der Waals surface area (Å²) in [4.78, 5) is 22.8. The number of ether oxygens (including phenoxy) is 2. The first-order valence-corrected chi connectivity index (χ1v) is 18.1. The first kappa shape index (κ1) is 33.8. The number of fused-ring (bicyclic) bond motifs is 2. The molecule has 0 unspecified atom stereocenters. The minimum atomic E-state index is -0.964. The third-order valence-electron chi connectivity index (χ3n) is 8.88. The highest BCUT2D eigenvalue weighted by Gasteiger charge is 2.18. The van der Waals surface area contributed by atoms with E-state index in [-0.39, 0.29) is 6.73 Å². The molecule has 1 aliphatic rings. The maximum absolute atomic E-state index is 11.8. The van der Waals surface area contributed by atoms with Gasteiger partial charge < -0.3 is 19.5 Å². The summed E-state index contributed by atoms with van der Waals surface area (Å²) >= 11 is 1.81. The van der Waals surface area contributed by atoms with Crippen molar-refractivity contribution in [2.75, 3.05) is 57.5 Å². The Labute approximate surface area is 277 Å². The van der Waals surface area contributed by atoms with Gasteiger partial charge in [-0.05, 0) is 67.6 Å². The number of hydrogen-bond donors (Lipinski definition) is 1. The van der Waals surface area contributed by atoms with Gasteiger partial charge in [-0.3, -0.25) is 9.80 Å². The molecule has 2 aromatic carbocycles. The molecule has 5 rings (SSSR count). The van der Waals surface area contributed by atoms with Gasteiger partial charge in [0.05, 0.1) is 12.1 Å². The van der Waals surface area contributed by atoms with Crippen molar-refractivity contribution in [1.82, 2.24) is 14.8 Å². The lowest BCUT2D eigenvalue weighted by Gasteiger charge is -2.36. The Balaban J connectivity index is 0.993. The van der Waals surface area contributed by atoms with Gasteiger partial charge in [-0.25, -0.2) is 9.78 Å². The number of thiophene rings is 1. The van der Waals surface area contributed by atoms with Gasteiger partial charge in [-0.15, -0.1) is 11.3 Å². The minimum Gasteiger partial charge on any atom is -0.494 e. The van der Waals surface area contributed by atoms with E-state index in [1.54, 1.807) is 6.07 Å². The predicted octanol–water partition coefficient (Wildman–Crippen LogP) is 8.89. The van der Waals surface area contributed by atoms with E-state index >= 15 is 0 Å². The number of nitrogens with zero attached hydrogens (tertiary/aromatic N) is 4. The van der Waals surface area contributed by atoms with E-state index in [0.29, 0.717) is 19.0 Å². The van der Waals surface area contributed by atoms with Crippen LogP contribution in [-0.4, -0.2) is 78.6 Å². The van der Waals surface area contributed by atoms with Crippen LogP contribution in [0.5, 0.6) is 11.6 Å². The Hall–Kier alpha value is -3.56. The highest BCUT2D eigenvalue weighted by molar-refractivity contribution is 7.17. The second-order valence-electron chi connectivity index (χ2n) is 12.3. The summed E-state index contributed by atoms with van der Waals surface area (Å²) in [6, 6.07) is 18.5. The highest BCUT2D eigenvalue weighted by Crippen LogP contribution is 2.31. The first-order valence-electron chi connectivity index (χ1n) is 17.2. The van der Waals surface area contributed by atoms with Crippen LogP contribution in [0.25, 0.3) is 21.0 Å². The largest absolute Gasteiger partial charge is 0.494 e. The normalized spacial score (nSPS) is 13.8. The van der Waals surface area contributed by atoms with Gasteiger partial charge in [0.25, 0.3) is 0 Å². The number of unbranched alkanes of at least 4 members (excludes halogenated alkanes) is 8. The molecule has 2 aromatic heterocycles. The highest BCUT2D eigenvalue weighted by atomic mass is 32.1. The van der Waals surface area contributed by atoms with Gasteiger partial charge in [-0.1, -0.05) is 57.9 Å². The van der Waals surface area contributed by atoms with Crippen molar-refractivity contribution in [3.63, 3.8) is 0 Å². The van der Waals surface area contributed by atoms with Crippen molar-refractivity contribution < 1.29 is 19.4 Å². The third-order valence-corrected chi connectivity index (χ3v) is 9.76. The van der Waals surface area contributed by atoms with E-state index in [1.165, 1.54) is 52.8 Å². The molecule has 4 aromatic rings. The Morgan fingerprint density at radius 2 is 1.67 bits per heavy atom. The number of carboxylic acid groups (broad SMARTS) is 1. The minimum absolute atomic E-state index is 0.0275. The van der Waals surface area contributed by atoms with Crippen LogP contribution in [0.4, 0.5) is 10.5 Å². The zero-order chi connectivity index (χ0) is 32.0. The summed E-state index contributed by atoms with van der Waals surface area (Å²) in [7, 11) is 0.